The largest absolute Gasteiger partial charge is 0.381 e. The minimum absolute atomic E-state index is 0.0379. The number of fused-ring (bicyclic) bond motifs is 1. The highest BCUT2D eigenvalue weighted by Gasteiger charge is 2.44. The molecule has 250 valence electrons. The van der Waals surface area contributed by atoms with Crippen molar-refractivity contribution in [3.05, 3.63) is 82.3 Å². The van der Waals surface area contributed by atoms with Crippen LogP contribution in [0.25, 0.3) is 10.8 Å². The van der Waals surface area contributed by atoms with Gasteiger partial charge in [0.2, 0.25) is 11.8 Å². The molecule has 9 heteroatoms. The molecule has 0 bridgehead atoms. The van der Waals surface area contributed by atoms with Crippen molar-refractivity contribution in [1.82, 2.24) is 21.3 Å². The number of rotatable bonds is 11. The van der Waals surface area contributed by atoms with Crippen LogP contribution in [0.1, 0.15) is 73.7 Å². The van der Waals surface area contributed by atoms with Crippen molar-refractivity contribution in [1.29, 1.82) is 0 Å². The number of hydrogen-bond donors (Lipinski definition) is 4. The lowest BCUT2D eigenvalue weighted by atomic mass is 9.82. The van der Waals surface area contributed by atoms with Gasteiger partial charge in [0.1, 0.15) is 11.6 Å². The van der Waals surface area contributed by atoms with Crippen molar-refractivity contribution < 1.29 is 19.1 Å². The van der Waals surface area contributed by atoms with Crippen LogP contribution in [0.5, 0.6) is 0 Å². The summed E-state index contributed by atoms with van der Waals surface area (Å²) in [6, 6.07) is 20.6. The van der Waals surface area contributed by atoms with E-state index in [2.05, 4.69) is 37.2 Å². The molecule has 3 amide bonds. The van der Waals surface area contributed by atoms with Gasteiger partial charge in [-0.05, 0) is 104 Å². The van der Waals surface area contributed by atoms with E-state index in [1.807, 2.05) is 60.7 Å². The Balaban J connectivity index is 1.21. The lowest BCUT2D eigenvalue weighted by Gasteiger charge is -2.36. The fourth-order valence-electron chi connectivity index (χ4n) is 7.66. The van der Waals surface area contributed by atoms with Gasteiger partial charge >= 0.3 is 0 Å². The van der Waals surface area contributed by atoms with Crippen molar-refractivity contribution in [2.24, 2.45) is 11.8 Å². The summed E-state index contributed by atoms with van der Waals surface area (Å²) in [6.45, 7) is 3.45. The second kappa shape index (κ2) is 15.8. The molecule has 3 aromatic carbocycles. The number of hydrogen-bond acceptors (Lipinski definition) is 5. The lowest BCUT2D eigenvalue weighted by molar-refractivity contribution is -0.133. The third kappa shape index (κ3) is 8.42. The van der Waals surface area contributed by atoms with Crippen LogP contribution >= 0.6 is 15.9 Å². The molecular weight excluding hydrogens is 656 g/mol. The zero-order chi connectivity index (χ0) is 32.6. The van der Waals surface area contributed by atoms with Crippen LogP contribution in [0.3, 0.4) is 0 Å². The van der Waals surface area contributed by atoms with Crippen molar-refractivity contribution in [3.63, 3.8) is 0 Å². The first-order chi connectivity index (χ1) is 22.9. The van der Waals surface area contributed by atoms with Crippen LogP contribution in [0.15, 0.2) is 71.2 Å². The molecule has 4 N–H and O–H groups in total. The predicted molar refractivity (Wildman–Crippen MR) is 188 cm³/mol. The van der Waals surface area contributed by atoms with Crippen LogP contribution < -0.4 is 21.3 Å². The van der Waals surface area contributed by atoms with Gasteiger partial charge in [-0.3, -0.25) is 14.4 Å². The number of amides is 3. The van der Waals surface area contributed by atoms with E-state index in [0.717, 1.165) is 92.1 Å². The second-order valence-electron chi connectivity index (χ2n) is 13.6. The minimum atomic E-state index is -1.07. The molecule has 2 saturated heterocycles. The number of halogens is 1. The van der Waals surface area contributed by atoms with E-state index in [1.54, 1.807) is 6.07 Å². The zero-order valence-electron chi connectivity index (χ0n) is 27.1. The highest BCUT2D eigenvalue weighted by molar-refractivity contribution is 9.10. The van der Waals surface area contributed by atoms with E-state index in [0.29, 0.717) is 36.7 Å². The highest BCUT2D eigenvalue weighted by atomic mass is 79.9. The molecular formula is C38H47BrN4O4. The van der Waals surface area contributed by atoms with Crippen molar-refractivity contribution in [3.8, 4) is 0 Å². The lowest BCUT2D eigenvalue weighted by Crippen LogP contribution is -2.62. The fraction of sp³-hybridized carbons (Fsp3) is 0.500. The second-order valence-corrected chi connectivity index (χ2v) is 14.5. The van der Waals surface area contributed by atoms with E-state index in [9.17, 15) is 14.4 Å². The Bertz CT molecular complexity index is 1530. The summed E-state index contributed by atoms with van der Waals surface area (Å²) in [7, 11) is 0. The van der Waals surface area contributed by atoms with Gasteiger partial charge in [-0.15, -0.1) is 0 Å². The third-order valence-corrected chi connectivity index (χ3v) is 11.1. The maximum absolute atomic E-state index is 14.3. The van der Waals surface area contributed by atoms with E-state index < -0.39 is 11.6 Å². The van der Waals surface area contributed by atoms with E-state index in [1.165, 1.54) is 0 Å². The first kappa shape index (κ1) is 33.6. The molecule has 6 rings (SSSR count). The molecule has 2 heterocycles. The molecule has 3 aliphatic rings. The molecule has 47 heavy (non-hydrogen) atoms. The van der Waals surface area contributed by atoms with Crippen LogP contribution in [0.4, 0.5) is 0 Å². The summed E-state index contributed by atoms with van der Waals surface area (Å²) in [4.78, 5) is 42.2. The Morgan fingerprint density at radius 2 is 1.64 bits per heavy atom. The Kier molecular flexibility index (Phi) is 11.3. The average Bonchev–Trinajstić information content (AvgIpc) is 3.58. The Hall–Kier alpha value is -3.27. The maximum atomic E-state index is 14.3. The molecule has 3 fully saturated rings. The Morgan fingerprint density at radius 1 is 0.894 bits per heavy atom. The summed E-state index contributed by atoms with van der Waals surface area (Å²) in [5.41, 5.74) is 0.406. The first-order valence-corrected chi connectivity index (χ1v) is 18.1. The molecule has 1 saturated carbocycles. The maximum Gasteiger partial charge on any atom is 0.252 e. The topological polar surface area (TPSA) is 109 Å². The highest BCUT2D eigenvalue weighted by Crippen LogP contribution is 2.32. The molecule has 3 aromatic rings. The van der Waals surface area contributed by atoms with Gasteiger partial charge in [0, 0.05) is 35.7 Å². The van der Waals surface area contributed by atoms with Gasteiger partial charge in [-0.1, -0.05) is 77.3 Å². The van der Waals surface area contributed by atoms with Crippen LogP contribution in [0, 0.1) is 11.8 Å². The van der Waals surface area contributed by atoms with Gasteiger partial charge < -0.3 is 26.0 Å². The van der Waals surface area contributed by atoms with E-state index >= 15 is 0 Å². The SMILES string of the molecule is O=C(NC1(C(=O)NC(Cc2ccccc2)C(=O)N[C@H](CC2CCOCC2)C2CCNCC2)CCCC1)c1ccc2c(Br)cccc2c1. The standard InChI is InChI=1S/C38H47BrN4O4/c39-32-10-6-9-29-25-30(11-12-31(29)32)35(44)43-38(17-4-5-18-38)37(46)42-34(24-26-7-2-1-3-8-26)36(45)41-33(28-13-19-40-20-14-28)23-27-15-21-47-22-16-27/h1-3,6-12,25,27-28,33-34,40H,4-5,13-24H2,(H,41,45)(H,42,46)(H,43,44)/t33-,34?/m1/s1. The number of nitrogens with one attached hydrogen (secondary N) is 4. The molecule has 1 unspecified atom stereocenters. The van der Waals surface area contributed by atoms with Gasteiger partial charge in [0.25, 0.3) is 5.91 Å². The quantitative estimate of drug-likeness (QED) is 0.206. The van der Waals surface area contributed by atoms with Gasteiger partial charge in [0.05, 0.1) is 0 Å². The van der Waals surface area contributed by atoms with Crippen LogP contribution in [-0.2, 0) is 20.7 Å². The average molecular weight is 704 g/mol. The van der Waals surface area contributed by atoms with Crippen molar-refractivity contribution >= 4 is 44.4 Å². The van der Waals surface area contributed by atoms with Crippen molar-refractivity contribution in [2.75, 3.05) is 26.3 Å². The number of piperidine rings is 1. The van der Waals surface area contributed by atoms with E-state index in [-0.39, 0.29) is 23.8 Å². The number of carbonyl (C=O) groups is 3. The van der Waals surface area contributed by atoms with Gasteiger partial charge in [0.15, 0.2) is 0 Å². The summed E-state index contributed by atoms with van der Waals surface area (Å²) in [5.74, 6) is 0.178. The first-order valence-electron chi connectivity index (χ1n) is 17.3. The summed E-state index contributed by atoms with van der Waals surface area (Å²) < 4.78 is 6.58. The molecule has 8 nitrogen and oxygen atoms in total. The van der Waals surface area contributed by atoms with Crippen molar-refractivity contribution in [2.45, 2.75) is 81.8 Å². The number of benzene rings is 3. The number of carbonyl (C=O) groups excluding carboxylic acids is 3. The monoisotopic (exact) mass is 702 g/mol. The summed E-state index contributed by atoms with van der Waals surface area (Å²) >= 11 is 3.58. The van der Waals surface area contributed by atoms with Gasteiger partial charge in [-0.2, -0.15) is 0 Å². The third-order valence-electron chi connectivity index (χ3n) is 10.4. The normalized spacial score (nSPS) is 19.9. The molecule has 0 aromatic heterocycles. The Labute approximate surface area is 286 Å². The van der Waals surface area contributed by atoms with Crippen LogP contribution in [0.2, 0.25) is 0 Å². The summed E-state index contributed by atoms with van der Waals surface area (Å²) in [6.07, 6.45) is 8.08. The molecule has 0 spiro atoms. The summed E-state index contributed by atoms with van der Waals surface area (Å²) in [5, 5.41) is 15.1. The van der Waals surface area contributed by atoms with Crippen LogP contribution in [-0.4, -0.2) is 61.6 Å². The zero-order valence-corrected chi connectivity index (χ0v) is 28.7. The Morgan fingerprint density at radius 3 is 2.38 bits per heavy atom. The molecule has 2 aliphatic heterocycles. The molecule has 0 radical (unpaired) electrons. The fourth-order valence-corrected chi connectivity index (χ4v) is 8.17. The van der Waals surface area contributed by atoms with E-state index in [4.69, 9.17) is 4.74 Å². The molecule has 2 atom stereocenters. The predicted octanol–water partition coefficient (Wildman–Crippen LogP) is 5.67. The number of ether oxygens (including phenoxy) is 1. The molecule has 1 aliphatic carbocycles. The minimum Gasteiger partial charge on any atom is -0.381 e. The smallest absolute Gasteiger partial charge is 0.252 e. The van der Waals surface area contributed by atoms with Gasteiger partial charge in [-0.25, -0.2) is 0 Å².